The molecule has 0 saturated heterocycles. The highest BCUT2D eigenvalue weighted by Gasteiger charge is 2.07. The fourth-order valence-electron chi connectivity index (χ4n) is 1.79. The van der Waals surface area contributed by atoms with Crippen molar-refractivity contribution in [1.29, 1.82) is 0 Å². The van der Waals surface area contributed by atoms with Crippen molar-refractivity contribution in [3.05, 3.63) is 39.8 Å². The summed E-state index contributed by atoms with van der Waals surface area (Å²) < 4.78 is 0. The number of nitrogens with zero attached hydrogens (tertiary/aromatic N) is 2. The number of thioether (sulfide) groups is 1. The summed E-state index contributed by atoms with van der Waals surface area (Å²) in [6, 6.07) is 9.10. The summed E-state index contributed by atoms with van der Waals surface area (Å²) in [5.74, 6) is 1.11. The molecule has 0 saturated carbocycles. The van der Waals surface area contributed by atoms with E-state index in [-0.39, 0.29) is 0 Å². The van der Waals surface area contributed by atoms with Gasteiger partial charge in [-0.05, 0) is 37.3 Å². The van der Waals surface area contributed by atoms with Gasteiger partial charge in [-0.1, -0.05) is 19.1 Å². The average Bonchev–Trinajstić information content (AvgIpc) is 2.83. The van der Waals surface area contributed by atoms with Gasteiger partial charge in [0, 0.05) is 10.9 Å². The molecular formula is C14H19N3S2. The van der Waals surface area contributed by atoms with Gasteiger partial charge in [-0.2, -0.15) is 0 Å². The van der Waals surface area contributed by atoms with Gasteiger partial charge in [-0.3, -0.25) is 0 Å². The molecule has 0 fully saturated rings. The van der Waals surface area contributed by atoms with E-state index in [4.69, 9.17) is 0 Å². The molecule has 19 heavy (non-hydrogen) atoms. The van der Waals surface area contributed by atoms with Gasteiger partial charge >= 0.3 is 0 Å². The molecule has 0 amide bonds. The molecule has 2 rings (SSSR count). The Labute approximate surface area is 122 Å². The lowest BCUT2D eigenvalue weighted by Crippen LogP contribution is -2.17. The predicted octanol–water partition coefficient (Wildman–Crippen LogP) is 3.81. The van der Waals surface area contributed by atoms with Crippen LogP contribution in [0.4, 0.5) is 0 Å². The lowest BCUT2D eigenvalue weighted by atomic mass is 10.1. The van der Waals surface area contributed by atoms with Gasteiger partial charge in [-0.25, -0.2) is 0 Å². The first-order valence-electron chi connectivity index (χ1n) is 6.44. The third-order valence-electron chi connectivity index (χ3n) is 2.82. The quantitative estimate of drug-likeness (QED) is 0.822. The van der Waals surface area contributed by atoms with E-state index in [1.54, 1.807) is 11.3 Å². The van der Waals surface area contributed by atoms with E-state index in [9.17, 15) is 0 Å². The molecule has 1 N–H and O–H groups in total. The minimum absolute atomic E-state index is 0.324. The number of aromatic nitrogens is 2. The Morgan fingerprint density at radius 1 is 1.26 bits per heavy atom. The Kier molecular flexibility index (Phi) is 5.36. The molecule has 0 aliphatic carbocycles. The van der Waals surface area contributed by atoms with E-state index < -0.39 is 0 Å². The molecule has 0 bridgehead atoms. The van der Waals surface area contributed by atoms with Gasteiger partial charge in [0.1, 0.15) is 10.0 Å². The highest BCUT2D eigenvalue weighted by Crippen LogP contribution is 2.21. The minimum Gasteiger partial charge on any atom is -0.304 e. The van der Waals surface area contributed by atoms with Gasteiger partial charge in [0.2, 0.25) is 0 Å². The largest absolute Gasteiger partial charge is 0.304 e. The highest BCUT2D eigenvalue weighted by molar-refractivity contribution is 7.99. The van der Waals surface area contributed by atoms with Gasteiger partial charge in [0.05, 0.1) is 6.54 Å². The molecule has 0 aliphatic heterocycles. The van der Waals surface area contributed by atoms with Crippen LogP contribution in [0.25, 0.3) is 0 Å². The number of hydrogen-bond donors (Lipinski definition) is 1. The zero-order valence-electron chi connectivity index (χ0n) is 11.5. The monoisotopic (exact) mass is 293 g/mol. The van der Waals surface area contributed by atoms with Crippen LogP contribution in [-0.2, 0) is 6.54 Å². The molecule has 0 aliphatic rings. The maximum atomic E-state index is 4.12. The Balaban J connectivity index is 1.90. The van der Waals surface area contributed by atoms with Crippen molar-refractivity contribution in [3.8, 4) is 0 Å². The first-order chi connectivity index (χ1) is 9.19. The van der Waals surface area contributed by atoms with E-state index in [0.29, 0.717) is 6.04 Å². The SMILES string of the molecule is CCSc1ccc([C@H](C)NCc2nnc(C)s2)cc1. The summed E-state index contributed by atoms with van der Waals surface area (Å²) in [4.78, 5) is 1.33. The number of hydrogen-bond acceptors (Lipinski definition) is 5. The topological polar surface area (TPSA) is 37.8 Å². The predicted molar refractivity (Wildman–Crippen MR) is 82.7 cm³/mol. The van der Waals surface area contributed by atoms with Crippen LogP contribution in [0.1, 0.15) is 35.5 Å². The van der Waals surface area contributed by atoms with Crippen LogP contribution in [0.15, 0.2) is 29.2 Å². The van der Waals surface area contributed by atoms with E-state index in [1.165, 1.54) is 10.5 Å². The maximum Gasteiger partial charge on any atom is 0.131 e. The second-order valence-electron chi connectivity index (χ2n) is 4.32. The van der Waals surface area contributed by atoms with Crippen LogP contribution in [0.3, 0.4) is 0 Å². The molecule has 1 atom stereocenters. The first kappa shape index (κ1) is 14.5. The van der Waals surface area contributed by atoms with Gasteiger partial charge < -0.3 is 5.32 Å². The third kappa shape index (κ3) is 4.30. The number of nitrogens with one attached hydrogen (secondary N) is 1. The smallest absolute Gasteiger partial charge is 0.131 e. The first-order valence-corrected chi connectivity index (χ1v) is 8.24. The molecule has 0 radical (unpaired) electrons. The Morgan fingerprint density at radius 3 is 2.58 bits per heavy atom. The van der Waals surface area contributed by atoms with Crippen molar-refractivity contribution in [2.75, 3.05) is 5.75 Å². The fraction of sp³-hybridized carbons (Fsp3) is 0.429. The van der Waals surface area contributed by atoms with Gasteiger partial charge in [0.15, 0.2) is 0 Å². The number of aryl methyl sites for hydroxylation is 1. The second-order valence-corrected chi connectivity index (χ2v) is 6.92. The summed E-state index contributed by atoms with van der Waals surface area (Å²) >= 11 is 3.52. The van der Waals surface area contributed by atoms with Crippen molar-refractivity contribution in [3.63, 3.8) is 0 Å². The molecule has 1 heterocycles. The average molecular weight is 293 g/mol. The minimum atomic E-state index is 0.324. The molecule has 0 unspecified atom stereocenters. The fourth-order valence-corrected chi connectivity index (χ4v) is 3.11. The zero-order valence-corrected chi connectivity index (χ0v) is 13.1. The highest BCUT2D eigenvalue weighted by atomic mass is 32.2. The number of benzene rings is 1. The summed E-state index contributed by atoms with van der Waals surface area (Å²) in [5.41, 5.74) is 1.31. The van der Waals surface area contributed by atoms with Crippen LogP contribution < -0.4 is 5.32 Å². The molecule has 5 heteroatoms. The number of rotatable bonds is 6. The summed E-state index contributed by atoms with van der Waals surface area (Å²) in [6.07, 6.45) is 0. The Morgan fingerprint density at radius 2 is 2.00 bits per heavy atom. The molecule has 1 aromatic carbocycles. The molecule has 1 aromatic heterocycles. The van der Waals surface area contributed by atoms with Crippen molar-refractivity contribution in [2.45, 2.75) is 38.3 Å². The van der Waals surface area contributed by atoms with Crippen LogP contribution >= 0.6 is 23.1 Å². The normalized spacial score (nSPS) is 12.6. The summed E-state index contributed by atoms with van der Waals surface area (Å²) in [5, 5.41) is 13.7. The van der Waals surface area contributed by atoms with Crippen molar-refractivity contribution >= 4 is 23.1 Å². The lowest BCUT2D eigenvalue weighted by molar-refractivity contribution is 0.570. The maximum absolute atomic E-state index is 4.12. The third-order valence-corrected chi connectivity index (χ3v) is 4.55. The standard InChI is InChI=1S/C14H19N3S2/c1-4-18-13-7-5-12(6-8-13)10(2)15-9-14-17-16-11(3)19-14/h5-8,10,15H,4,9H2,1-3H3/t10-/m0/s1. The van der Waals surface area contributed by atoms with Crippen molar-refractivity contribution in [1.82, 2.24) is 15.5 Å². The van der Waals surface area contributed by atoms with Crippen molar-refractivity contribution < 1.29 is 0 Å². The summed E-state index contributed by atoms with van der Waals surface area (Å²) in [6.45, 7) is 7.11. The van der Waals surface area contributed by atoms with Crippen LogP contribution in [0.5, 0.6) is 0 Å². The Hall–Kier alpha value is -0.910. The van der Waals surface area contributed by atoms with E-state index in [0.717, 1.165) is 22.3 Å². The molecule has 2 aromatic rings. The van der Waals surface area contributed by atoms with Gasteiger partial charge in [0.25, 0.3) is 0 Å². The lowest BCUT2D eigenvalue weighted by Gasteiger charge is -2.13. The van der Waals surface area contributed by atoms with E-state index in [1.807, 2.05) is 18.7 Å². The van der Waals surface area contributed by atoms with Crippen LogP contribution in [-0.4, -0.2) is 16.0 Å². The molecule has 0 spiro atoms. The van der Waals surface area contributed by atoms with Crippen LogP contribution in [0.2, 0.25) is 0 Å². The van der Waals surface area contributed by atoms with Crippen LogP contribution in [0, 0.1) is 6.92 Å². The second kappa shape index (κ2) is 7.03. The Bertz CT molecular complexity index is 508. The zero-order chi connectivity index (χ0) is 13.7. The molecule has 102 valence electrons. The summed E-state index contributed by atoms with van der Waals surface area (Å²) in [7, 11) is 0. The van der Waals surface area contributed by atoms with Gasteiger partial charge in [-0.15, -0.1) is 33.3 Å². The van der Waals surface area contributed by atoms with E-state index in [2.05, 4.69) is 53.6 Å². The van der Waals surface area contributed by atoms with E-state index >= 15 is 0 Å². The van der Waals surface area contributed by atoms with Crippen molar-refractivity contribution in [2.24, 2.45) is 0 Å². The molecular weight excluding hydrogens is 274 g/mol. The molecule has 3 nitrogen and oxygen atoms in total.